The number of sulfonamides is 1. The summed E-state index contributed by atoms with van der Waals surface area (Å²) in [6.45, 7) is 5.18. The van der Waals surface area contributed by atoms with Crippen molar-refractivity contribution in [2.45, 2.75) is 25.8 Å². The second-order valence-corrected chi connectivity index (χ2v) is 9.98. The van der Waals surface area contributed by atoms with Crippen LogP contribution in [0.5, 0.6) is 0 Å². The van der Waals surface area contributed by atoms with Crippen LogP contribution >= 0.6 is 0 Å². The lowest BCUT2D eigenvalue weighted by atomic mass is 9.81. The fourth-order valence-electron chi connectivity index (χ4n) is 4.26. The van der Waals surface area contributed by atoms with Gasteiger partial charge in [0.05, 0.1) is 11.2 Å². The molecule has 29 heavy (non-hydrogen) atoms. The molecule has 1 aromatic carbocycles. The zero-order valence-corrected chi connectivity index (χ0v) is 17.4. The predicted molar refractivity (Wildman–Crippen MR) is 105 cm³/mol. The van der Waals surface area contributed by atoms with E-state index in [4.69, 9.17) is 4.52 Å². The fraction of sp³-hybridized carbons (Fsp3) is 0.526. The summed E-state index contributed by atoms with van der Waals surface area (Å²) in [6.07, 6.45) is 0. The van der Waals surface area contributed by atoms with Crippen LogP contribution in [0.25, 0.3) is 0 Å². The molecule has 10 heteroatoms. The average molecular weight is 420 g/mol. The molecule has 0 radical (unpaired) electrons. The van der Waals surface area contributed by atoms with Crippen LogP contribution in [0, 0.1) is 12.8 Å². The molecule has 2 aliphatic rings. The lowest BCUT2D eigenvalue weighted by Gasteiger charge is -2.25. The van der Waals surface area contributed by atoms with Gasteiger partial charge in [0, 0.05) is 38.6 Å². The second-order valence-electron chi connectivity index (χ2n) is 7.72. The van der Waals surface area contributed by atoms with E-state index >= 15 is 0 Å². The van der Waals surface area contributed by atoms with Gasteiger partial charge < -0.3 is 14.7 Å². The lowest BCUT2D eigenvalue weighted by molar-refractivity contribution is 0.199. The third-order valence-electron chi connectivity index (χ3n) is 5.86. The Morgan fingerprint density at radius 2 is 2.03 bits per heavy atom. The number of fused-ring (bicyclic) bond motifs is 1. The Bertz CT molecular complexity index is 993. The van der Waals surface area contributed by atoms with Gasteiger partial charge in [0.2, 0.25) is 15.9 Å². The van der Waals surface area contributed by atoms with Gasteiger partial charge in [-0.1, -0.05) is 35.5 Å². The maximum Gasteiger partial charge on any atom is 0.317 e. The Morgan fingerprint density at radius 1 is 1.28 bits per heavy atom. The molecule has 1 aromatic heterocycles. The molecular weight excluding hydrogens is 394 g/mol. The van der Waals surface area contributed by atoms with Crippen molar-refractivity contribution in [2.75, 3.05) is 31.9 Å². The summed E-state index contributed by atoms with van der Waals surface area (Å²) in [4.78, 5) is 18.9. The Morgan fingerprint density at radius 3 is 2.69 bits per heavy atom. The molecule has 0 aliphatic carbocycles. The summed E-state index contributed by atoms with van der Waals surface area (Å²) in [5.74, 6) is 0.857. The second kappa shape index (κ2) is 7.42. The van der Waals surface area contributed by atoms with Crippen molar-refractivity contribution >= 4 is 16.1 Å². The van der Waals surface area contributed by atoms with Gasteiger partial charge in [-0.2, -0.15) is 4.98 Å². The molecule has 2 amide bonds. The Kier molecular flexibility index (Phi) is 5.07. The third kappa shape index (κ3) is 3.62. The number of aryl methyl sites for hydroxylation is 1. The Hall–Kier alpha value is -2.46. The van der Waals surface area contributed by atoms with Gasteiger partial charge in [0.15, 0.2) is 5.82 Å². The van der Waals surface area contributed by atoms with Crippen LogP contribution < -0.4 is 5.32 Å². The Labute approximate surface area is 170 Å². The lowest BCUT2D eigenvalue weighted by Crippen LogP contribution is -2.44. The van der Waals surface area contributed by atoms with Gasteiger partial charge in [0.1, 0.15) is 0 Å². The topological polar surface area (TPSA) is 109 Å². The number of rotatable bonds is 5. The number of carbonyl (C=O) groups excluding carboxylic acids is 1. The van der Waals surface area contributed by atoms with Crippen LogP contribution in [0.1, 0.15) is 24.2 Å². The van der Waals surface area contributed by atoms with E-state index in [0.29, 0.717) is 37.9 Å². The largest absolute Gasteiger partial charge is 0.339 e. The average Bonchev–Trinajstić information content (AvgIpc) is 3.39. The highest BCUT2D eigenvalue weighted by Crippen LogP contribution is 2.45. The van der Waals surface area contributed by atoms with Crippen molar-refractivity contribution in [3.05, 3.63) is 47.6 Å². The van der Waals surface area contributed by atoms with Crippen molar-refractivity contribution in [1.29, 1.82) is 0 Å². The molecule has 0 bridgehead atoms. The van der Waals surface area contributed by atoms with Gasteiger partial charge in [-0.3, -0.25) is 0 Å². The van der Waals surface area contributed by atoms with Crippen LogP contribution in [0.15, 0.2) is 34.9 Å². The number of hydrogen-bond acceptors (Lipinski definition) is 6. The minimum absolute atomic E-state index is 0.0416. The van der Waals surface area contributed by atoms with Gasteiger partial charge >= 0.3 is 6.03 Å². The van der Waals surface area contributed by atoms with E-state index in [-0.39, 0.29) is 24.2 Å². The molecule has 0 saturated carbocycles. The smallest absolute Gasteiger partial charge is 0.317 e. The molecule has 1 N–H and O–H groups in total. The molecule has 3 heterocycles. The van der Waals surface area contributed by atoms with Crippen LogP contribution in [-0.2, 0) is 22.0 Å². The summed E-state index contributed by atoms with van der Waals surface area (Å²) in [7, 11) is -3.34. The van der Waals surface area contributed by atoms with Gasteiger partial charge in [-0.25, -0.2) is 17.5 Å². The van der Waals surface area contributed by atoms with Crippen molar-refractivity contribution in [2.24, 2.45) is 5.92 Å². The molecule has 0 spiro atoms. The first-order valence-electron chi connectivity index (χ1n) is 9.69. The van der Waals surface area contributed by atoms with Crippen molar-refractivity contribution < 1.29 is 17.7 Å². The first kappa shape index (κ1) is 19.8. The normalized spacial score (nSPS) is 24.6. The summed E-state index contributed by atoms with van der Waals surface area (Å²) in [6, 6.07) is 9.52. The van der Waals surface area contributed by atoms with E-state index < -0.39 is 15.4 Å². The molecule has 2 fully saturated rings. The first-order chi connectivity index (χ1) is 13.8. The summed E-state index contributed by atoms with van der Waals surface area (Å²) < 4.78 is 31.9. The molecule has 2 aliphatic heterocycles. The molecule has 9 nitrogen and oxygen atoms in total. The van der Waals surface area contributed by atoms with Crippen LogP contribution in [0.3, 0.4) is 0 Å². The molecule has 2 saturated heterocycles. The highest BCUT2D eigenvalue weighted by molar-refractivity contribution is 7.89. The Balaban J connectivity index is 1.53. The molecule has 156 valence electrons. The highest BCUT2D eigenvalue weighted by Gasteiger charge is 2.59. The quantitative estimate of drug-likeness (QED) is 0.778. The minimum atomic E-state index is -3.34. The molecule has 2 atom stereocenters. The third-order valence-corrected chi connectivity index (χ3v) is 7.66. The van der Waals surface area contributed by atoms with Crippen molar-refractivity contribution in [1.82, 2.24) is 24.7 Å². The number of amides is 2. The van der Waals surface area contributed by atoms with Crippen LogP contribution in [0.4, 0.5) is 4.79 Å². The van der Waals surface area contributed by atoms with Gasteiger partial charge in [-0.05, 0) is 19.4 Å². The zero-order chi connectivity index (χ0) is 20.6. The predicted octanol–water partition coefficient (Wildman–Crippen LogP) is 1.12. The summed E-state index contributed by atoms with van der Waals surface area (Å²) in [5.41, 5.74) is 0.343. The number of urea groups is 1. The number of benzene rings is 1. The van der Waals surface area contributed by atoms with E-state index in [1.807, 2.05) is 30.3 Å². The standard InChI is InChI=1S/C19H25N5O4S/c1-3-29(26,27)24-11-16-10-23(18(25)20-9-15-7-5-4-6-8-15)12-19(16,13-24)17-21-14(2)22-28-17/h4-8,16H,3,9-13H2,1-2H3,(H,20,25)/t16-,19-/m0/s1. The van der Waals surface area contributed by atoms with Crippen molar-refractivity contribution in [3.8, 4) is 0 Å². The number of aromatic nitrogens is 2. The van der Waals surface area contributed by atoms with Crippen LogP contribution in [0.2, 0.25) is 0 Å². The number of carbonyl (C=O) groups is 1. The SMILES string of the molecule is CCS(=O)(=O)N1C[C@@H]2CN(C(=O)NCc3ccccc3)C[C@]2(c2nc(C)no2)C1. The van der Waals surface area contributed by atoms with E-state index in [1.165, 1.54) is 4.31 Å². The molecule has 2 aromatic rings. The molecular formula is C19H25N5O4S. The monoisotopic (exact) mass is 419 g/mol. The summed E-state index contributed by atoms with van der Waals surface area (Å²) in [5, 5.41) is 6.84. The highest BCUT2D eigenvalue weighted by atomic mass is 32.2. The van der Waals surface area contributed by atoms with E-state index in [2.05, 4.69) is 15.5 Å². The van der Waals surface area contributed by atoms with E-state index in [1.54, 1.807) is 18.7 Å². The number of likely N-dealkylation sites (tertiary alicyclic amines) is 1. The van der Waals surface area contributed by atoms with E-state index in [9.17, 15) is 13.2 Å². The number of nitrogens with one attached hydrogen (secondary N) is 1. The van der Waals surface area contributed by atoms with Gasteiger partial charge in [-0.15, -0.1) is 0 Å². The maximum absolute atomic E-state index is 12.8. The minimum Gasteiger partial charge on any atom is -0.339 e. The van der Waals surface area contributed by atoms with Crippen LogP contribution in [-0.4, -0.2) is 65.7 Å². The van der Waals surface area contributed by atoms with Gasteiger partial charge in [0.25, 0.3) is 0 Å². The number of nitrogens with zero attached hydrogens (tertiary/aromatic N) is 4. The fourth-order valence-corrected chi connectivity index (χ4v) is 5.45. The first-order valence-corrected chi connectivity index (χ1v) is 11.3. The zero-order valence-electron chi connectivity index (χ0n) is 16.5. The number of hydrogen-bond donors (Lipinski definition) is 1. The van der Waals surface area contributed by atoms with E-state index in [0.717, 1.165) is 5.56 Å². The van der Waals surface area contributed by atoms with Crippen molar-refractivity contribution in [3.63, 3.8) is 0 Å². The maximum atomic E-state index is 12.8. The molecule has 4 rings (SSSR count). The summed E-state index contributed by atoms with van der Waals surface area (Å²) >= 11 is 0. The molecule has 0 unspecified atom stereocenters.